The van der Waals surface area contributed by atoms with Crippen LogP contribution in [-0.4, -0.2) is 51.0 Å². The summed E-state index contributed by atoms with van der Waals surface area (Å²) in [6.07, 6.45) is 2.03. The average molecular weight is 439 g/mol. The first-order valence-corrected chi connectivity index (χ1v) is 4.59. The van der Waals surface area contributed by atoms with Gasteiger partial charge >= 0.3 is 0 Å². The van der Waals surface area contributed by atoms with E-state index in [0.29, 0.717) is 0 Å². The number of ether oxygens (including phenoxy) is 2. The summed E-state index contributed by atoms with van der Waals surface area (Å²) in [5.74, 6) is 0. The normalized spacial score (nSPS) is 18.2. The van der Waals surface area contributed by atoms with Crippen molar-refractivity contribution in [2.75, 3.05) is 46.1 Å². The van der Waals surface area contributed by atoms with E-state index in [1.807, 2.05) is 13.3 Å². The molecule has 0 N–H and O–H groups in total. The number of hydrogen-bond acceptors (Lipinski definition) is 3. The Bertz CT molecular complexity index is 108. The van der Waals surface area contributed by atoms with E-state index in [1.165, 1.54) is 0 Å². The molecule has 0 saturated carbocycles. The van der Waals surface area contributed by atoms with Crippen molar-refractivity contribution >= 4 is 0 Å². The summed E-state index contributed by atoms with van der Waals surface area (Å²) in [5.41, 5.74) is 0. The van der Waals surface area contributed by atoms with Crippen LogP contribution in [0.3, 0.4) is 0 Å². The third kappa shape index (κ3) is 5.17. The maximum atomic E-state index is 5.35. The molecule has 0 radical (unpaired) electrons. The molecule has 4 heteroatoms. The zero-order chi connectivity index (χ0) is 8.65. The molecule has 0 aromatic heterocycles. The fraction of sp³-hybridized carbons (Fsp3) is 0.889. The SMILES string of the molecule is C[CH-]COCCN1CCOCC1.[Rf]. The van der Waals surface area contributed by atoms with E-state index in [1.54, 1.807) is 0 Å². The van der Waals surface area contributed by atoms with Gasteiger partial charge in [-0.25, -0.2) is 0 Å². The van der Waals surface area contributed by atoms with Gasteiger partial charge in [0.1, 0.15) is 0 Å². The van der Waals surface area contributed by atoms with E-state index >= 15 is 0 Å². The Balaban J connectivity index is 0.00000144. The Hall–Kier alpha value is -1.12. The summed E-state index contributed by atoms with van der Waals surface area (Å²) in [4.78, 5) is 2.37. The first-order valence-electron chi connectivity index (χ1n) is 4.59. The van der Waals surface area contributed by atoms with Crippen LogP contribution in [0.5, 0.6) is 0 Å². The summed E-state index contributed by atoms with van der Waals surface area (Å²) in [6.45, 7) is 8.51. The summed E-state index contributed by atoms with van der Waals surface area (Å²) >= 11 is 0. The fourth-order valence-electron chi connectivity index (χ4n) is 1.22. The van der Waals surface area contributed by atoms with E-state index in [-0.39, 0.29) is 0 Å². The van der Waals surface area contributed by atoms with Gasteiger partial charge in [0.15, 0.2) is 0 Å². The Kier molecular flexibility index (Phi) is 6.88. The molecular weight excluding hydrogens is 421 g/mol. The minimum Gasteiger partial charge on any atom is -0.412 e. The zero-order valence-corrected chi connectivity index (χ0v) is 14.9. The van der Waals surface area contributed by atoms with Crippen molar-refractivity contribution in [1.82, 2.24) is 4.90 Å². The Morgan fingerprint density at radius 2 is 2.08 bits per heavy atom. The maximum absolute atomic E-state index is 5.35. The fourth-order valence-corrected chi connectivity index (χ4v) is 1.22. The minimum atomic E-state index is 0. The van der Waals surface area contributed by atoms with Gasteiger partial charge in [-0.1, -0.05) is 6.61 Å². The molecule has 0 aliphatic carbocycles. The molecule has 0 atom stereocenters. The number of nitrogens with zero attached hydrogens (tertiary/aromatic N) is 1. The standard InChI is InChI=1S/C9H18NO2.Rf/c1-2-6-11-7-3-10-4-8-12-9-5-10;/h2H,3-9H2,1H3;/q-1;. The van der Waals surface area contributed by atoms with Crippen LogP contribution in [0.15, 0.2) is 0 Å². The second-order valence-electron chi connectivity index (χ2n) is 2.94. The molecule has 0 amide bonds. The summed E-state index contributed by atoms with van der Waals surface area (Å²) < 4.78 is 10.6. The molecule has 74 valence electrons. The Morgan fingerprint density at radius 3 is 2.69 bits per heavy atom. The molecule has 3 nitrogen and oxygen atoms in total. The summed E-state index contributed by atoms with van der Waals surface area (Å²) in [7, 11) is 0. The van der Waals surface area contributed by atoms with Gasteiger partial charge in [-0.05, 0) is 0 Å². The number of hydrogen-bond donors (Lipinski definition) is 0. The Labute approximate surface area is 74.6 Å². The van der Waals surface area contributed by atoms with E-state index in [9.17, 15) is 0 Å². The molecule has 1 aliphatic heterocycles. The molecular formula is C9H18NO2Rf-. The molecule has 0 bridgehead atoms. The van der Waals surface area contributed by atoms with Gasteiger partial charge in [-0.2, -0.15) is 6.92 Å². The zero-order valence-electron chi connectivity index (χ0n) is 8.50. The van der Waals surface area contributed by atoms with Crippen LogP contribution in [0.4, 0.5) is 0 Å². The maximum Gasteiger partial charge on any atom is 0.0594 e. The number of rotatable bonds is 5. The largest absolute Gasteiger partial charge is 0.412 e. The van der Waals surface area contributed by atoms with E-state index in [4.69, 9.17) is 9.47 Å². The van der Waals surface area contributed by atoms with Crippen LogP contribution in [0.25, 0.3) is 0 Å². The molecule has 13 heavy (non-hydrogen) atoms. The van der Waals surface area contributed by atoms with Crippen molar-refractivity contribution in [3.05, 3.63) is 6.42 Å². The van der Waals surface area contributed by atoms with Crippen LogP contribution in [0.2, 0.25) is 0 Å². The van der Waals surface area contributed by atoms with Gasteiger partial charge in [0.25, 0.3) is 0 Å². The van der Waals surface area contributed by atoms with Gasteiger partial charge in [0.2, 0.25) is 0 Å². The van der Waals surface area contributed by atoms with Crippen LogP contribution < -0.4 is 0 Å². The summed E-state index contributed by atoms with van der Waals surface area (Å²) in [5, 5.41) is 0. The predicted molar refractivity (Wildman–Crippen MR) is 48.1 cm³/mol. The third-order valence-corrected chi connectivity index (χ3v) is 1.94. The minimum absolute atomic E-state index is 0. The molecule has 1 aliphatic rings. The second kappa shape index (κ2) is 7.53. The van der Waals surface area contributed by atoms with Crippen molar-refractivity contribution in [3.8, 4) is 0 Å². The van der Waals surface area contributed by atoms with E-state index < -0.39 is 0 Å². The molecule has 0 unspecified atom stereocenters. The van der Waals surface area contributed by atoms with Crippen molar-refractivity contribution < 1.29 is 9.47 Å². The predicted octanol–water partition coefficient (Wildman–Crippen LogP) is 0.559. The van der Waals surface area contributed by atoms with Gasteiger partial charge < -0.3 is 15.9 Å². The van der Waals surface area contributed by atoms with Crippen LogP contribution in [-0.2, 0) is 9.47 Å². The number of morpholine rings is 1. The van der Waals surface area contributed by atoms with Gasteiger partial charge in [0.05, 0.1) is 19.8 Å². The monoisotopic (exact) mass is 439 g/mol. The molecule has 1 fully saturated rings. The molecule has 1 heterocycles. The van der Waals surface area contributed by atoms with Gasteiger partial charge in [-0.3, -0.25) is 4.90 Å². The first-order chi connectivity index (χ1) is 5.93. The molecule has 0 aromatic carbocycles. The smallest absolute Gasteiger partial charge is 0.0594 e. The Morgan fingerprint density at radius 1 is 1.38 bits per heavy atom. The molecule has 0 aromatic rings. The van der Waals surface area contributed by atoms with E-state index in [2.05, 4.69) is 4.90 Å². The quantitative estimate of drug-likeness (QED) is 0.462. The van der Waals surface area contributed by atoms with Crippen molar-refractivity contribution in [2.45, 2.75) is 6.92 Å². The van der Waals surface area contributed by atoms with Crippen molar-refractivity contribution in [2.24, 2.45) is 0 Å². The van der Waals surface area contributed by atoms with E-state index in [0.717, 1.165) is 46.1 Å². The third-order valence-electron chi connectivity index (χ3n) is 1.94. The van der Waals surface area contributed by atoms with Crippen LogP contribution in [0, 0.1) is 6.42 Å². The van der Waals surface area contributed by atoms with Gasteiger partial charge in [0, 0.05) is 19.6 Å². The van der Waals surface area contributed by atoms with Crippen molar-refractivity contribution in [1.29, 1.82) is 0 Å². The van der Waals surface area contributed by atoms with Gasteiger partial charge in [-0.15, -0.1) is 0 Å². The second-order valence-corrected chi connectivity index (χ2v) is 2.94. The molecule has 0 spiro atoms. The van der Waals surface area contributed by atoms with Crippen LogP contribution in [0.1, 0.15) is 6.92 Å². The topological polar surface area (TPSA) is 21.7 Å². The molecule has 1 rings (SSSR count). The summed E-state index contributed by atoms with van der Waals surface area (Å²) in [6, 6.07) is 0. The molecule has 1 saturated heterocycles. The average Bonchev–Trinajstić information content (AvgIpc) is 2.14. The van der Waals surface area contributed by atoms with Crippen molar-refractivity contribution in [3.63, 3.8) is 0 Å². The van der Waals surface area contributed by atoms with Crippen LogP contribution >= 0.6 is 0 Å². The first kappa shape index (κ1) is 11.9.